The van der Waals surface area contributed by atoms with Crippen LogP contribution in [0.1, 0.15) is 66.7 Å². The average Bonchev–Trinajstić information content (AvgIpc) is 2.99. The minimum absolute atomic E-state index is 0.0760. The molecular formula is C26H32N2O. The van der Waals surface area contributed by atoms with E-state index in [0.717, 1.165) is 28.6 Å². The van der Waals surface area contributed by atoms with E-state index in [1.807, 2.05) is 25.1 Å². The van der Waals surface area contributed by atoms with Crippen LogP contribution in [0.4, 0.5) is 5.69 Å². The first-order chi connectivity index (χ1) is 14.0. The van der Waals surface area contributed by atoms with Gasteiger partial charge >= 0.3 is 0 Å². The fourth-order valence-corrected chi connectivity index (χ4v) is 3.84. The zero-order chi connectivity index (χ0) is 21.0. The smallest absolute Gasteiger partial charge is 0.272 e. The van der Waals surface area contributed by atoms with E-state index < -0.39 is 0 Å². The Kier molecular flexibility index (Phi) is 6.58. The molecule has 0 fully saturated rings. The van der Waals surface area contributed by atoms with Gasteiger partial charge in [0.1, 0.15) is 5.69 Å². The fourth-order valence-electron chi connectivity index (χ4n) is 3.84. The Bertz CT molecular complexity index is 1010. The summed E-state index contributed by atoms with van der Waals surface area (Å²) in [5.74, 6) is 0.373. The first-order valence-corrected chi connectivity index (χ1v) is 10.6. The largest absolute Gasteiger partial charge is 0.332 e. The number of amides is 1. The van der Waals surface area contributed by atoms with Crippen molar-refractivity contribution in [3.63, 3.8) is 0 Å². The Labute approximate surface area is 174 Å². The topological polar surface area (TPSA) is 34.0 Å². The number of aryl methyl sites for hydroxylation is 2. The maximum atomic E-state index is 13.2. The van der Waals surface area contributed by atoms with Crippen molar-refractivity contribution in [1.82, 2.24) is 4.57 Å². The van der Waals surface area contributed by atoms with Crippen molar-refractivity contribution >= 4 is 22.5 Å². The number of hydrogen-bond donors (Lipinski definition) is 1. The molecule has 0 saturated heterocycles. The Morgan fingerprint density at radius 1 is 1.17 bits per heavy atom. The second-order valence-electron chi connectivity index (χ2n) is 8.06. The highest BCUT2D eigenvalue weighted by atomic mass is 16.2. The van der Waals surface area contributed by atoms with Crippen molar-refractivity contribution in [1.29, 1.82) is 0 Å². The monoisotopic (exact) mass is 388 g/mol. The van der Waals surface area contributed by atoms with E-state index in [9.17, 15) is 4.79 Å². The molecule has 152 valence electrons. The third-order valence-electron chi connectivity index (χ3n) is 5.56. The van der Waals surface area contributed by atoms with Gasteiger partial charge in [0.2, 0.25) is 0 Å². The molecule has 0 radical (unpaired) electrons. The van der Waals surface area contributed by atoms with Crippen LogP contribution < -0.4 is 5.32 Å². The number of hydrogen-bond acceptors (Lipinski definition) is 1. The Balaban J connectivity index is 1.94. The van der Waals surface area contributed by atoms with E-state index in [1.54, 1.807) is 0 Å². The number of carbonyl (C=O) groups excluding carboxylic acids is 1. The first-order valence-electron chi connectivity index (χ1n) is 10.6. The minimum atomic E-state index is -0.0760. The molecule has 3 aromatic rings. The molecule has 2 aromatic carbocycles. The predicted octanol–water partition coefficient (Wildman–Crippen LogP) is 6.85. The number of nitrogens with one attached hydrogen (secondary N) is 1. The van der Waals surface area contributed by atoms with Crippen LogP contribution in [-0.4, -0.2) is 10.5 Å². The molecule has 0 unspecified atom stereocenters. The zero-order valence-corrected chi connectivity index (χ0v) is 18.1. The van der Waals surface area contributed by atoms with Crippen molar-refractivity contribution in [2.45, 2.75) is 59.4 Å². The van der Waals surface area contributed by atoms with Crippen molar-refractivity contribution in [2.75, 3.05) is 5.32 Å². The van der Waals surface area contributed by atoms with Crippen LogP contribution in [0.2, 0.25) is 0 Å². The molecule has 0 saturated carbocycles. The van der Waals surface area contributed by atoms with Crippen molar-refractivity contribution in [3.8, 4) is 0 Å². The van der Waals surface area contributed by atoms with E-state index >= 15 is 0 Å². The normalized spacial score (nSPS) is 11.2. The van der Waals surface area contributed by atoms with Gasteiger partial charge in [-0.2, -0.15) is 0 Å². The molecule has 1 aromatic heterocycles. The number of aromatic nitrogens is 1. The van der Waals surface area contributed by atoms with Crippen LogP contribution in [0, 0.1) is 6.92 Å². The Morgan fingerprint density at radius 2 is 1.90 bits per heavy atom. The molecule has 0 aliphatic heterocycles. The number of nitrogens with zero attached hydrogens (tertiary/aromatic N) is 1. The lowest BCUT2D eigenvalue weighted by atomic mass is 10.0. The van der Waals surface area contributed by atoms with Crippen molar-refractivity contribution in [2.24, 2.45) is 0 Å². The van der Waals surface area contributed by atoms with Gasteiger partial charge < -0.3 is 9.88 Å². The van der Waals surface area contributed by atoms with Gasteiger partial charge in [0.15, 0.2) is 0 Å². The van der Waals surface area contributed by atoms with Crippen LogP contribution in [-0.2, 0) is 13.0 Å². The molecule has 29 heavy (non-hydrogen) atoms. The molecule has 0 bridgehead atoms. The quantitative estimate of drug-likeness (QED) is 0.420. The molecular weight excluding hydrogens is 356 g/mol. The number of fused-ring (bicyclic) bond motifs is 1. The summed E-state index contributed by atoms with van der Waals surface area (Å²) in [6.07, 6.45) is 5.29. The number of unbranched alkanes of at least 4 members (excludes halogenated alkanes) is 1. The minimum Gasteiger partial charge on any atom is -0.332 e. The maximum Gasteiger partial charge on any atom is 0.272 e. The molecule has 0 aliphatic rings. The molecule has 3 heteroatoms. The van der Waals surface area contributed by atoms with Crippen LogP contribution >= 0.6 is 0 Å². The first kappa shape index (κ1) is 20.9. The number of anilines is 1. The summed E-state index contributed by atoms with van der Waals surface area (Å²) in [5.41, 5.74) is 6.21. The molecule has 1 N–H and O–H groups in total. The van der Waals surface area contributed by atoms with Gasteiger partial charge in [-0.15, -0.1) is 6.58 Å². The average molecular weight is 389 g/mol. The number of rotatable bonds is 8. The van der Waals surface area contributed by atoms with Crippen LogP contribution in [0.3, 0.4) is 0 Å². The van der Waals surface area contributed by atoms with E-state index in [0.29, 0.717) is 18.2 Å². The third kappa shape index (κ3) is 4.45. The maximum absolute atomic E-state index is 13.2. The Hall–Kier alpha value is -2.81. The van der Waals surface area contributed by atoms with Crippen LogP contribution in [0.5, 0.6) is 0 Å². The van der Waals surface area contributed by atoms with E-state index in [1.165, 1.54) is 24.0 Å². The highest BCUT2D eigenvalue weighted by Gasteiger charge is 2.20. The van der Waals surface area contributed by atoms with Gasteiger partial charge in [-0.1, -0.05) is 51.5 Å². The van der Waals surface area contributed by atoms with E-state index in [-0.39, 0.29) is 5.91 Å². The second-order valence-corrected chi connectivity index (χ2v) is 8.06. The van der Waals surface area contributed by atoms with Gasteiger partial charge in [-0.05, 0) is 66.6 Å². The molecule has 1 heterocycles. The summed E-state index contributed by atoms with van der Waals surface area (Å²) in [6, 6.07) is 14.7. The predicted molar refractivity (Wildman–Crippen MR) is 124 cm³/mol. The SMILES string of the molecule is C=CCn1c(C(=O)Nc2ccc(CCCC)cc2)c(C)c2cc(C(C)C)ccc21. The molecule has 0 aliphatic carbocycles. The lowest BCUT2D eigenvalue weighted by Gasteiger charge is -2.11. The highest BCUT2D eigenvalue weighted by molar-refractivity contribution is 6.08. The third-order valence-corrected chi connectivity index (χ3v) is 5.56. The van der Waals surface area contributed by atoms with Crippen molar-refractivity contribution < 1.29 is 4.79 Å². The van der Waals surface area contributed by atoms with Gasteiger partial charge in [0.05, 0.1) is 0 Å². The van der Waals surface area contributed by atoms with Crippen LogP contribution in [0.25, 0.3) is 10.9 Å². The number of allylic oxidation sites excluding steroid dienone is 1. The zero-order valence-electron chi connectivity index (χ0n) is 18.1. The molecule has 3 rings (SSSR count). The lowest BCUT2D eigenvalue weighted by molar-refractivity contribution is 0.101. The van der Waals surface area contributed by atoms with E-state index in [4.69, 9.17) is 0 Å². The summed E-state index contributed by atoms with van der Waals surface area (Å²) < 4.78 is 2.06. The van der Waals surface area contributed by atoms with Crippen molar-refractivity contribution in [3.05, 3.63) is 77.5 Å². The molecule has 0 atom stereocenters. The second kappa shape index (κ2) is 9.13. The Morgan fingerprint density at radius 3 is 2.52 bits per heavy atom. The standard InChI is InChI=1S/C26H32N2O/c1-6-8-9-20-10-13-22(14-11-20)27-26(29)25-19(5)23-17-21(18(3)4)12-15-24(23)28(25)16-7-2/h7,10-15,17-18H,2,6,8-9,16H2,1,3-5H3,(H,27,29). The summed E-state index contributed by atoms with van der Waals surface area (Å²) in [5, 5.41) is 4.22. The summed E-state index contributed by atoms with van der Waals surface area (Å²) in [7, 11) is 0. The molecule has 1 amide bonds. The van der Waals surface area contributed by atoms with Gasteiger partial charge in [0.25, 0.3) is 5.91 Å². The highest BCUT2D eigenvalue weighted by Crippen LogP contribution is 2.30. The summed E-state index contributed by atoms with van der Waals surface area (Å²) in [6.45, 7) is 13.1. The van der Waals surface area contributed by atoms with E-state index in [2.05, 4.69) is 67.6 Å². The van der Waals surface area contributed by atoms with Gasteiger partial charge in [-0.3, -0.25) is 4.79 Å². The summed E-state index contributed by atoms with van der Waals surface area (Å²) in [4.78, 5) is 13.2. The number of benzene rings is 2. The number of carbonyl (C=O) groups is 1. The fraction of sp³-hybridized carbons (Fsp3) is 0.346. The van der Waals surface area contributed by atoms with Crippen LogP contribution in [0.15, 0.2) is 55.1 Å². The summed E-state index contributed by atoms with van der Waals surface area (Å²) >= 11 is 0. The lowest BCUT2D eigenvalue weighted by Crippen LogP contribution is -2.18. The molecule has 0 spiro atoms. The molecule has 3 nitrogen and oxygen atoms in total. The van der Waals surface area contributed by atoms with Gasteiger partial charge in [0, 0.05) is 23.1 Å². The van der Waals surface area contributed by atoms with Gasteiger partial charge in [-0.25, -0.2) is 0 Å².